The molecule has 0 spiro atoms. The van der Waals surface area contributed by atoms with Gasteiger partial charge in [0.15, 0.2) is 15.7 Å². The van der Waals surface area contributed by atoms with Crippen LogP contribution in [-0.4, -0.2) is 36.6 Å². The molecule has 0 fully saturated rings. The number of aromatic carboxylic acids is 1. The van der Waals surface area contributed by atoms with E-state index in [-0.39, 0.29) is 21.9 Å². The summed E-state index contributed by atoms with van der Waals surface area (Å²) in [6.07, 6.45) is 0.948. The molecular formula is C14H14N2O6S. The minimum atomic E-state index is -3.64. The van der Waals surface area contributed by atoms with E-state index in [9.17, 15) is 18.0 Å². The van der Waals surface area contributed by atoms with Gasteiger partial charge in [-0.3, -0.25) is 4.79 Å². The van der Waals surface area contributed by atoms with Crippen LogP contribution in [0.3, 0.4) is 0 Å². The van der Waals surface area contributed by atoms with Crippen LogP contribution in [0.15, 0.2) is 27.5 Å². The molecule has 1 heterocycles. The van der Waals surface area contributed by atoms with Gasteiger partial charge in [-0.2, -0.15) is 0 Å². The molecule has 2 N–H and O–H groups in total. The number of sulfone groups is 1. The van der Waals surface area contributed by atoms with Gasteiger partial charge in [-0.05, 0) is 25.1 Å². The van der Waals surface area contributed by atoms with Crippen molar-refractivity contribution in [1.82, 2.24) is 4.98 Å². The average molecular weight is 338 g/mol. The number of benzene rings is 1. The van der Waals surface area contributed by atoms with Crippen molar-refractivity contribution in [2.45, 2.75) is 18.7 Å². The minimum absolute atomic E-state index is 0.0240. The number of carboxylic acid groups (broad SMARTS) is 1. The van der Waals surface area contributed by atoms with Crippen molar-refractivity contribution < 1.29 is 27.5 Å². The summed E-state index contributed by atoms with van der Waals surface area (Å²) in [4.78, 5) is 27.0. The van der Waals surface area contributed by atoms with Crippen LogP contribution in [-0.2, 0) is 9.84 Å². The zero-order valence-electron chi connectivity index (χ0n) is 12.6. The highest BCUT2D eigenvalue weighted by atomic mass is 32.2. The minimum Gasteiger partial charge on any atom is -0.478 e. The van der Waals surface area contributed by atoms with Gasteiger partial charge in [0.2, 0.25) is 5.76 Å². The molecule has 1 aromatic carbocycles. The fraction of sp³-hybridized carbons (Fsp3) is 0.214. The van der Waals surface area contributed by atoms with Crippen LogP contribution in [0.25, 0.3) is 0 Å². The lowest BCUT2D eigenvalue weighted by atomic mass is 10.2. The maximum absolute atomic E-state index is 12.1. The Labute approximate surface area is 132 Å². The maximum Gasteiger partial charge on any atom is 0.335 e. The quantitative estimate of drug-likeness (QED) is 0.867. The Morgan fingerprint density at radius 3 is 2.35 bits per heavy atom. The maximum atomic E-state index is 12.1. The number of hydrogen-bond donors (Lipinski definition) is 2. The Morgan fingerprint density at radius 2 is 1.87 bits per heavy atom. The molecule has 0 saturated carbocycles. The van der Waals surface area contributed by atoms with Crippen LogP contribution in [0.2, 0.25) is 0 Å². The van der Waals surface area contributed by atoms with Crippen LogP contribution in [0, 0.1) is 13.8 Å². The van der Waals surface area contributed by atoms with Crippen molar-refractivity contribution in [3.63, 3.8) is 0 Å². The van der Waals surface area contributed by atoms with Crippen molar-refractivity contribution in [1.29, 1.82) is 0 Å². The summed E-state index contributed by atoms with van der Waals surface area (Å²) in [6.45, 7) is 3.16. The number of rotatable bonds is 4. The summed E-state index contributed by atoms with van der Waals surface area (Å²) in [6, 6.07) is 3.36. The number of aryl methyl sites for hydroxylation is 2. The second kappa shape index (κ2) is 5.84. The van der Waals surface area contributed by atoms with E-state index < -0.39 is 21.7 Å². The molecule has 0 aliphatic carbocycles. The van der Waals surface area contributed by atoms with E-state index in [1.165, 1.54) is 6.07 Å². The molecule has 0 atom stereocenters. The van der Waals surface area contributed by atoms with Gasteiger partial charge in [-0.15, -0.1) is 0 Å². The molecule has 8 nitrogen and oxygen atoms in total. The zero-order chi connectivity index (χ0) is 17.4. The third-order valence-corrected chi connectivity index (χ3v) is 4.04. The largest absolute Gasteiger partial charge is 0.478 e. The summed E-state index contributed by atoms with van der Waals surface area (Å²) in [5, 5.41) is 11.5. The SMILES string of the molecule is Cc1nc(C)c(C(=O)Nc2cc(C(=O)O)cc(S(C)(=O)=O)c2)o1. The Morgan fingerprint density at radius 1 is 1.22 bits per heavy atom. The normalized spacial score (nSPS) is 11.3. The summed E-state index contributed by atoms with van der Waals surface area (Å²) in [5.74, 6) is -1.67. The van der Waals surface area contributed by atoms with Gasteiger partial charge in [0, 0.05) is 18.9 Å². The van der Waals surface area contributed by atoms with E-state index >= 15 is 0 Å². The topological polar surface area (TPSA) is 127 Å². The van der Waals surface area contributed by atoms with Crippen LogP contribution < -0.4 is 5.32 Å². The van der Waals surface area contributed by atoms with Crippen LogP contribution in [0.1, 0.15) is 32.5 Å². The van der Waals surface area contributed by atoms with E-state index in [2.05, 4.69) is 10.3 Å². The second-order valence-electron chi connectivity index (χ2n) is 4.92. The molecule has 0 aliphatic rings. The van der Waals surface area contributed by atoms with E-state index in [1.807, 2.05) is 0 Å². The molecule has 9 heteroatoms. The number of oxazole rings is 1. The van der Waals surface area contributed by atoms with Gasteiger partial charge in [0.25, 0.3) is 5.91 Å². The summed E-state index contributed by atoms with van der Waals surface area (Å²) >= 11 is 0. The van der Waals surface area contributed by atoms with E-state index in [0.29, 0.717) is 11.6 Å². The fourth-order valence-corrected chi connectivity index (χ4v) is 2.62. The molecule has 0 bridgehead atoms. The first-order chi connectivity index (χ1) is 10.6. The lowest BCUT2D eigenvalue weighted by Gasteiger charge is -2.08. The van der Waals surface area contributed by atoms with Crippen LogP contribution >= 0.6 is 0 Å². The van der Waals surface area contributed by atoms with E-state index in [1.54, 1.807) is 13.8 Å². The molecule has 0 aliphatic heterocycles. The highest BCUT2D eigenvalue weighted by Crippen LogP contribution is 2.21. The van der Waals surface area contributed by atoms with Crippen LogP contribution in [0.4, 0.5) is 5.69 Å². The first-order valence-corrected chi connectivity index (χ1v) is 8.31. The summed E-state index contributed by atoms with van der Waals surface area (Å²) in [5.41, 5.74) is 0.148. The van der Waals surface area contributed by atoms with Gasteiger partial charge in [0.05, 0.1) is 16.2 Å². The third kappa shape index (κ3) is 3.75. The Hall–Kier alpha value is -2.68. The number of anilines is 1. The van der Waals surface area contributed by atoms with Gasteiger partial charge in [-0.25, -0.2) is 18.2 Å². The van der Waals surface area contributed by atoms with Gasteiger partial charge < -0.3 is 14.8 Å². The molecule has 0 saturated heterocycles. The van der Waals surface area contributed by atoms with Crippen molar-refractivity contribution >= 4 is 27.4 Å². The number of amides is 1. The number of nitrogens with one attached hydrogen (secondary N) is 1. The van der Waals surface area contributed by atoms with E-state index in [4.69, 9.17) is 9.52 Å². The number of carbonyl (C=O) groups excluding carboxylic acids is 1. The molecule has 23 heavy (non-hydrogen) atoms. The number of aromatic nitrogens is 1. The Balaban J connectivity index is 2.43. The Bertz CT molecular complexity index is 898. The highest BCUT2D eigenvalue weighted by Gasteiger charge is 2.19. The number of carbonyl (C=O) groups is 2. The molecule has 122 valence electrons. The number of nitrogens with zero attached hydrogens (tertiary/aromatic N) is 1. The Kier molecular flexibility index (Phi) is 4.24. The lowest BCUT2D eigenvalue weighted by molar-refractivity contribution is 0.0696. The number of carboxylic acids is 1. The molecule has 1 aromatic heterocycles. The van der Waals surface area contributed by atoms with Gasteiger partial charge in [0.1, 0.15) is 0 Å². The van der Waals surface area contributed by atoms with Crippen molar-refractivity contribution in [3.8, 4) is 0 Å². The molecule has 2 rings (SSSR count). The lowest BCUT2D eigenvalue weighted by Crippen LogP contribution is -2.14. The first kappa shape index (κ1) is 16.7. The van der Waals surface area contributed by atoms with Crippen molar-refractivity contribution in [3.05, 3.63) is 41.1 Å². The number of hydrogen-bond acceptors (Lipinski definition) is 6. The predicted octanol–water partition coefficient (Wildman–Crippen LogP) is 1.65. The monoisotopic (exact) mass is 338 g/mol. The van der Waals surface area contributed by atoms with Gasteiger partial charge >= 0.3 is 5.97 Å². The zero-order valence-corrected chi connectivity index (χ0v) is 13.4. The molecule has 0 radical (unpaired) electrons. The molecule has 0 unspecified atom stereocenters. The predicted molar refractivity (Wildman–Crippen MR) is 80.4 cm³/mol. The van der Waals surface area contributed by atoms with Crippen LogP contribution in [0.5, 0.6) is 0 Å². The van der Waals surface area contributed by atoms with E-state index in [0.717, 1.165) is 18.4 Å². The molecule has 2 aromatic rings. The standard InChI is InChI=1S/C14H14N2O6S/c1-7-12(22-8(2)15-7)13(17)16-10-4-9(14(18)19)5-11(6-10)23(3,20)21/h4-6H,1-3H3,(H,16,17)(H,18,19). The highest BCUT2D eigenvalue weighted by molar-refractivity contribution is 7.90. The van der Waals surface area contributed by atoms with Gasteiger partial charge in [-0.1, -0.05) is 0 Å². The smallest absolute Gasteiger partial charge is 0.335 e. The van der Waals surface area contributed by atoms with Crippen molar-refractivity contribution in [2.24, 2.45) is 0 Å². The summed E-state index contributed by atoms with van der Waals surface area (Å²) < 4.78 is 28.4. The average Bonchev–Trinajstić information content (AvgIpc) is 2.76. The second-order valence-corrected chi connectivity index (χ2v) is 6.94. The first-order valence-electron chi connectivity index (χ1n) is 6.42. The summed E-state index contributed by atoms with van der Waals surface area (Å²) in [7, 11) is -3.64. The third-order valence-electron chi connectivity index (χ3n) is 2.95. The molecular weight excluding hydrogens is 324 g/mol. The van der Waals surface area contributed by atoms with Crippen molar-refractivity contribution in [2.75, 3.05) is 11.6 Å². The fourth-order valence-electron chi connectivity index (χ4n) is 1.94. The molecule has 1 amide bonds.